The Labute approximate surface area is 189 Å². The highest BCUT2D eigenvalue weighted by molar-refractivity contribution is 5.91. The van der Waals surface area contributed by atoms with Crippen LogP contribution in [0.5, 0.6) is 0 Å². The van der Waals surface area contributed by atoms with Gasteiger partial charge in [0.2, 0.25) is 17.7 Å². The molecule has 2 saturated carbocycles. The third kappa shape index (κ3) is 4.05. The molecule has 3 aliphatic rings. The summed E-state index contributed by atoms with van der Waals surface area (Å²) in [5.41, 5.74) is 0.766. The van der Waals surface area contributed by atoms with E-state index in [4.69, 9.17) is 4.52 Å². The van der Waals surface area contributed by atoms with Gasteiger partial charge in [0, 0.05) is 44.9 Å². The Morgan fingerprint density at radius 3 is 2.59 bits per heavy atom. The van der Waals surface area contributed by atoms with E-state index in [-0.39, 0.29) is 23.3 Å². The van der Waals surface area contributed by atoms with Gasteiger partial charge in [0.25, 0.3) is 0 Å². The molecule has 7 heteroatoms. The maximum atomic E-state index is 13.5. The van der Waals surface area contributed by atoms with Crippen molar-refractivity contribution in [3.8, 4) is 0 Å². The standard InChI is InChI=1S/C25H32N4O3/c1-18(30)29(16-12-22-26-23(32-27-22)19-7-5-8-19)21-11-6-15-28(17-21)24(31)25(13-14-25)20-9-3-2-4-10-20/h2-4,9-10,19,21H,5-8,11-17H2,1H3. The third-order valence-electron chi connectivity index (χ3n) is 7.53. The fourth-order valence-corrected chi connectivity index (χ4v) is 5.21. The third-order valence-corrected chi connectivity index (χ3v) is 7.53. The highest BCUT2D eigenvalue weighted by Crippen LogP contribution is 2.49. The number of carbonyl (C=O) groups excluding carboxylic acids is 2. The van der Waals surface area contributed by atoms with Crippen molar-refractivity contribution in [3.63, 3.8) is 0 Å². The lowest BCUT2D eigenvalue weighted by Crippen LogP contribution is -2.53. The van der Waals surface area contributed by atoms with Gasteiger partial charge in [-0.05, 0) is 44.1 Å². The number of carbonyl (C=O) groups is 2. The van der Waals surface area contributed by atoms with Gasteiger partial charge in [0.15, 0.2) is 5.82 Å². The molecule has 0 bridgehead atoms. The first-order valence-corrected chi connectivity index (χ1v) is 12.0. The number of hydrogen-bond acceptors (Lipinski definition) is 5. The number of hydrogen-bond donors (Lipinski definition) is 0. The molecule has 2 aromatic rings. The average molecular weight is 437 g/mol. The van der Waals surface area contributed by atoms with Crippen molar-refractivity contribution in [3.05, 3.63) is 47.6 Å². The van der Waals surface area contributed by atoms with Crippen molar-refractivity contribution in [2.75, 3.05) is 19.6 Å². The van der Waals surface area contributed by atoms with Crippen molar-refractivity contribution in [2.24, 2.45) is 0 Å². The molecule has 32 heavy (non-hydrogen) atoms. The molecule has 2 heterocycles. The van der Waals surface area contributed by atoms with Crippen LogP contribution in [0.25, 0.3) is 0 Å². The van der Waals surface area contributed by atoms with E-state index in [0.717, 1.165) is 56.5 Å². The van der Waals surface area contributed by atoms with E-state index < -0.39 is 0 Å². The zero-order chi connectivity index (χ0) is 22.1. The molecular weight excluding hydrogens is 404 g/mol. The summed E-state index contributed by atoms with van der Waals surface area (Å²) in [5, 5.41) is 4.12. The summed E-state index contributed by atoms with van der Waals surface area (Å²) >= 11 is 0. The molecule has 1 aromatic carbocycles. The van der Waals surface area contributed by atoms with Crippen LogP contribution in [0.3, 0.4) is 0 Å². The lowest BCUT2D eigenvalue weighted by molar-refractivity contribution is -0.140. The number of benzene rings is 1. The number of amides is 2. The predicted octanol–water partition coefficient (Wildman–Crippen LogP) is 3.45. The topological polar surface area (TPSA) is 79.5 Å². The summed E-state index contributed by atoms with van der Waals surface area (Å²) in [6.07, 6.45) is 7.70. The summed E-state index contributed by atoms with van der Waals surface area (Å²) in [6, 6.07) is 10.2. The maximum Gasteiger partial charge on any atom is 0.233 e. The highest BCUT2D eigenvalue weighted by Gasteiger charge is 2.53. The normalized spacial score (nSPS) is 22.3. The molecule has 3 fully saturated rings. The van der Waals surface area contributed by atoms with Crippen LogP contribution in [0.4, 0.5) is 0 Å². The van der Waals surface area contributed by atoms with E-state index in [1.807, 2.05) is 28.0 Å². The second-order valence-electron chi connectivity index (χ2n) is 9.63. The SMILES string of the molecule is CC(=O)N(CCc1noc(C2CCC2)n1)C1CCCN(C(=O)C2(c3ccccc3)CC2)C1. The molecule has 7 nitrogen and oxygen atoms in total. The van der Waals surface area contributed by atoms with Gasteiger partial charge in [-0.1, -0.05) is 41.9 Å². The summed E-state index contributed by atoms with van der Waals surface area (Å²) in [4.78, 5) is 34.4. The molecule has 0 radical (unpaired) electrons. The lowest BCUT2D eigenvalue weighted by atomic mass is 9.85. The quantitative estimate of drug-likeness (QED) is 0.664. The van der Waals surface area contributed by atoms with E-state index in [2.05, 4.69) is 22.3 Å². The second-order valence-corrected chi connectivity index (χ2v) is 9.63. The molecule has 1 saturated heterocycles. The molecular formula is C25H32N4O3. The summed E-state index contributed by atoms with van der Waals surface area (Å²) in [5.74, 6) is 2.09. The van der Waals surface area contributed by atoms with E-state index >= 15 is 0 Å². The molecule has 170 valence electrons. The van der Waals surface area contributed by atoms with Gasteiger partial charge in [-0.25, -0.2) is 0 Å². The van der Waals surface area contributed by atoms with E-state index in [0.29, 0.717) is 31.3 Å². The zero-order valence-electron chi connectivity index (χ0n) is 18.8. The first-order chi connectivity index (χ1) is 15.6. The van der Waals surface area contributed by atoms with Crippen LogP contribution in [0, 0.1) is 0 Å². The Bertz CT molecular complexity index is 965. The molecule has 1 aromatic heterocycles. The van der Waals surface area contributed by atoms with Gasteiger partial charge < -0.3 is 14.3 Å². The highest BCUT2D eigenvalue weighted by atomic mass is 16.5. The van der Waals surface area contributed by atoms with Gasteiger partial charge in [-0.15, -0.1) is 0 Å². The fraction of sp³-hybridized carbons (Fsp3) is 0.600. The Morgan fingerprint density at radius 1 is 1.16 bits per heavy atom. The van der Waals surface area contributed by atoms with Crippen LogP contribution in [0.15, 0.2) is 34.9 Å². The first kappa shape index (κ1) is 21.2. The minimum Gasteiger partial charge on any atom is -0.340 e. The molecule has 2 aliphatic carbocycles. The van der Waals surface area contributed by atoms with Gasteiger partial charge in [-0.3, -0.25) is 9.59 Å². The number of nitrogens with zero attached hydrogens (tertiary/aromatic N) is 4. The number of aromatic nitrogens is 2. The Hall–Kier alpha value is -2.70. The van der Waals surface area contributed by atoms with Gasteiger partial charge >= 0.3 is 0 Å². The lowest BCUT2D eigenvalue weighted by Gasteiger charge is -2.40. The minimum absolute atomic E-state index is 0.0368. The Morgan fingerprint density at radius 2 is 1.94 bits per heavy atom. The average Bonchev–Trinajstić information content (AvgIpc) is 3.47. The Balaban J connectivity index is 1.23. The van der Waals surface area contributed by atoms with Crippen molar-refractivity contribution in [1.29, 1.82) is 0 Å². The zero-order valence-corrected chi connectivity index (χ0v) is 18.8. The van der Waals surface area contributed by atoms with Crippen LogP contribution in [-0.4, -0.2) is 57.4 Å². The molecule has 5 rings (SSSR count). The minimum atomic E-state index is -0.354. The van der Waals surface area contributed by atoms with Crippen LogP contribution in [-0.2, 0) is 21.4 Å². The van der Waals surface area contributed by atoms with E-state index in [1.54, 1.807) is 6.92 Å². The largest absolute Gasteiger partial charge is 0.340 e. The molecule has 1 unspecified atom stereocenters. The summed E-state index contributed by atoms with van der Waals surface area (Å²) in [6.45, 7) is 3.54. The predicted molar refractivity (Wildman–Crippen MR) is 119 cm³/mol. The van der Waals surface area contributed by atoms with Crippen molar-refractivity contribution in [1.82, 2.24) is 19.9 Å². The molecule has 1 aliphatic heterocycles. The number of piperidine rings is 1. The summed E-state index contributed by atoms with van der Waals surface area (Å²) < 4.78 is 5.42. The summed E-state index contributed by atoms with van der Waals surface area (Å²) in [7, 11) is 0. The van der Waals surface area contributed by atoms with Crippen LogP contribution < -0.4 is 0 Å². The number of rotatable bonds is 7. The van der Waals surface area contributed by atoms with E-state index in [1.165, 1.54) is 6.42 Å². The van der Waals surface area contributed by atoms with E-state index in [9.17, 15) is 9.59 Å². The first-order valence-electron chi connectivity index (χ1n) is 12.0. The monoisotopic (exact) mass is 436 g/mol. The molecule has 0 spiro atoms. The molecule has 1 atom stereocenters. The molecule has 0 N–H and O–H groups in total. The fourth-order valence-electron chi connectivity index (χ4n) is 5.21. The van der Waals surface area contributed by atoms with Gasteiger partial charge in [-0.2, -0.15) is 4.98 Å². The van der Waals surface area contributed by atoms with Crippen LogP contribution in [0.2, 0.25) is 0 Å². The van der Waals surface area contributed by atoms with Gasteiger partial charge in [0.05, 0.1) is 5.41 Å². The maximum absolute atomic E-state index is 13.5. The molecule has 2 amide bonds. The smallest absolute Gasteiger partial charge is 0.233 e. The second kappa shape index (κ2) is 8.68. The van der Waals surface area contributed by atoms with Crippen molar-refractivity contribution < 1.29 is 14.1 Å². The Kier molecular flexibility index (Phi) is 5.74. The van der Waals surface area contributed by atoms with Crippen molar-refractivity contribution >= 4 is 11.8 Å². The number of likely N-dealkylation sites (tertiary alicyclic amines) is 1. The van der Waals surface area contributed by atoms with Crippen LogP contribution in [0.1, 0.15) is 75.1 Å². The van der Waals surface area contributed by atoms with Crippen molar-refractivity contribution in [2.45, 2.75) is 75.7 Å². The van der Waals surface area contributed by atoms with Gasteiger partial charge in [0.1, 0.15) is 0 Å². The van der Waals surface area contributed by atoms with Crippen LogP contribution >= 0.6 is 0 Å².